The lowest BCUT2D eigenvalue weighted by atomic mass is 10.0. The van der Waals surface area contributed by atoms with Crippen LogP contribution in [0.1, 0.15) is 28.9 Å². The molecular formula is C27H23N5O3. The van der Waals surface area contributed by atoms with Crippen molar-refractivity contribution in [3.05, 3.63) is 95.9 Å². The first-order valence-corrected chi connectivity index (χ1v) is 11.4. The molecule has 0 fully saturated rings. The summed E-state index contributed by atoms with van der Waals surface area (Å²) in [6, 6.07) is 21.3. The number of benzene rings is 3. The van der Waals surface area contributed by atoms with Crippen LogP contribution in [0.5, 0.6) is 5.75 Å². The predicted molar refractivity (Wildman–Crippen MR) is 130 cm³/mol. The van der Waals surface area contributed by atoms with Gasteiger partial charge >= 0.3 is 0 Å². The van der Waals surface area contributed by atoms with Crippen LogP contribution in [0.25, 0.3) is 22.2 Å². The Bertz CT molecular complexity index is 1500. The highest BCUT2D eigenvalue weighted by atomic mass is 16.5. The number of fused-ring (bicyclic) bond motifs is 2. The Balaban J connectivity index is 1.30. The van der Waals surface area contributed by atoms with Crippen LogP contribution in [0.3, 0.4) is 0 Å². The Morgan fingerprint density at radius 2 is 1.94 bits per heavy atom. The topological polar surface area (TPSA) is 97.1 Å². The number of rotatable bonds is 5. The van der Waals surface area contributed by atoms with E-state index in [1.54, 1.807) is 18.3 Å². The highest BCUT2D eigenvalue weighted by molar-refractivity contribution is 5.86. The van der Waals surface area contributed by atoms with Gasteiger partial charge in [0.05, 0.1) is 37.8 Å². The molecule has 3 heterocycles. The zero-order valence-corrected chi connectivity index (χ0v) is 19.1. The molecule has 0 radical (unpaired) electrons. The quantitative estimate of drug-likeness (QED) is 0.411. The molecule has 1 aliphatic rings. The normalized spacial score (nSPS) is 15.2. The molecular weight excluding hydrogens is 442 g/mol. The van der Waals surface area contributed by atoms with Gasteiger partial charge in [-0.1, -0.05) is 53.7 Å². The lowest BCUT2D eigenvalue weighted by Gasteiger charge is -2.33. The summed E-state index contributed by atoms with van der Waals surface area (Å²) < 4.78 is 10.9. The minimum absolute atomic E-state index is 0.0223. The summed E-state index contributed by atoms with van der Waals surface area (Å²) in [5, 5.41) is 6.49. The van der Waals surface area contributed by atoms with E-state index in [1.807, 2.05) is 54.6 Å². The second-order valence-electron chi connectivity index (χ2n) is 8.61. The number of methoxy groups -OCH3 is 1. The van der Waals surface area contributed by atoms with E-state index >= 15 is 0 Å². The van der Waals surface area contributed by atoms with Crippen molar-refractivity contribution in [1.29, 1.82) is 0 Å². The van der Waals surface area contributed by atoms with E-state index in [9.17, 15) is 4.79 Å². The first kappa shape index (κ1) is 21.1. The third-order valence-electron chi connectivity index (χ3n) is 6.47. The standard InChI is InChI=1S/C27H23N5O3/c1-34-21-10-6-17(7-11-21)12-25(33)32-15-23-22(28-16-29-23)14-24(32)27-30-26(31-35-27)20-9-8-18-4-2-3-5-19(18)13-20/h2-11,13,16,24H,12,14-15H2,1H3,(H,28,29)/t24-/m0/s1. The summed E-state index contributed by atoms with van der Waals surface area (Å²) in [6.45, 7) is 0.405. The number of aromatic nitrogens is 4. The van der Waals surface area contributed by atoms with Gasteiger partial charge in [-0.05, 0) is 34.5 Å². The SMILES string of the molecule is COc1ccc(CC(=O)N2Cc3[nH]cnc3C[C@H]2c2nc(-c3ccc4ccccc4c3)no2)cc1. The van der Waals surface area contributed by atoms with Crippen LogP contribution >= 0.6 is 0 Å². The molecule has 0 unspecified atom stereocenters. The fourth-order valence-corrected chi connectivity index (χ4v) is 4.55. The Morgan fingerprint density at radius 3 is 2.77 bits per heavy atom. The number of amides is 1. The second-order valence-corrected chi connectivity index (χ2v) is 8.61. The van der Waals surface area contributed by atoms with Gasteiger partial charge in [0.15, 0.2) is 0 Å². The molecule has 5 aromatic rings. The smallest absolute Gasteiger partial charge is 0.250 e. The van der Waals surface area contributed by atoms with Gasteiger partial charge < -0.3 is 19.1 Å². The van der Waals surface area contributed by atoms with Gasteiger partial charge in [0, 0.05) is 12.0 Å². The number of carbonyl (C=O) groups is 1. The molecule has 8 heteroatoms. The van der Waals surface area contributed by atoms with Crippen molar-refractivity contribution >= 4 is 16.7 Å². The van der Waals surface area contributed by atoms with Crippen molar-refractivity contribution in [2.75, 3.05) is 7.11 Å². The lowest BCUT2D eigenvalue weighted by molar-refractivity contribution is -0.134. The van der Waals surface area contributed by atoms with Gasteiger partial charge in [-0.15, -0.1) is 0 Å². The Hall–Kier alpha value is -4.46. The highest BCUT2D eigenvalue weighted by Gasteiger charge is 2.36. The predicted octanol–water partition coefficient (Wildman–Crippen LogP) is 4.49. The van der Waals surface area contributed by atoms with Crippen LogP contribution in [0.15, 0.2) is 77.6 Å². The Kier molecular flexibility index (Phi) is 5.25. The zero-order valence-electron chi connectivity index (χ0n) is 19.1. The van der Waals surface area contributed by atoms with Gasteiger partial charge in [-0.25, -0.2) is 4.98 Å². The van der Waals surface area contributed by atoms with Crippen LogP contribution in [0, 0.1) is 0 Å². The van der Waals surface area contributed by atoms with Gasteiger partial charge in [0.2, 0.25) is 17.6 Å². The molecule has 1 atom stereocenters. The van der Waals surface area contributed by atoms with Crippen molar-refractivity contribution in [1.82, 2.24) is 25.0 Å². The summed E-state index contributed by atoms with van der Waals surface area (Å²) in [7, 11) is 1.62. The molecule has 35 heavy (non-hydrogen) atoms. The largest absolute Gasteiger partial charge is 0.497 e. The van der Waals surface area contributed by atoms with Crippen LogP contribution in [0.2, 0.25) is 0 Å². The number of aromatic amines is 1. The second kappa shape index (κ2) is 8.72. The first-order valence-electron chi connectivity index (χ1n) is 11.4. The van der Waals surface area contributed by atoms with E-state index in [1.165, 1.54) is 0 Å². The minimum atomic E-state index is -0.391. The number of nitrogens with one attached hydrogen (secondary N) is 1. The summed E-state index contributed by atoms with van der Waals surface area (Å²) >= 11 is 0. The fraction of sp³-hybridized carbons (Fsp3) is 0.185. The third kappa shape index (κ3) is 4.03. The first-order chi connectivity index (χ1) is 17.2. The monoisotopic (exact) mass is 465 g/mol. The van der Waals surface area contributed by atoms with Gasteiger partial charge in [-0.3, -0.25) is 4.79 Å². The van der Waals surface area contributed by atoms with Gasteiger partial charge in [-0.2, -0.15) is 4.98 Å². The van der Waals surface area contributed by atoms with E-state index in [4.69, 9.17) is 14.2 Å². The molecule has 0 saturated heterocycles. The van der Waals surface area contributed by atoms with Crippen LogP contribution in [-0.4, -0.2) is 38.0 Å². The number of carbonyl (C=O) groups excluding carboxylic acids is 1. The minimum Gasteiger partial charge on any atom is -0.497 e. The van der Waals surface area contributed by atoms with E-state index in [0.717, 1.165) is 39.0 Å². The maximum atomic E-state index is 13.4. The number of ether oxygens (including phenoxy) is 1. The van der Waals surface area contributed by atoms with Crippen molar-refractivity contribution in [3.8, 4) is 17.1 Å². The highest BCUT2D eigenvalue weighted by Crippen LogP contribution is 2.33. The maximum Gasteiger partial charge on any atom is 0.250 e. The van der Waals surface area contributed by atoms with Crippen molar-refractivity contribution in [3.63, 3.8) is 0 Å². The molecule has 2 aromatic heterocycles. The summed E-state index contributed by atoms with van der Waals surface area (Å²) in [6.07, 6.45) is 2.43. The average molecular weight is 466 g/mol. The molecule has 174 valence electrons. The number of hydrogen-bond acceptors (Lipinski definition) is 6. The summed E-state index contributed by atoms with van der Waals surface area (Å²) in [4.78, 5) is 27.5. The Labute approximate surface area is 201 Å². The van der Waals surface area contributed by atoms with Crippen molar-refractivity contribution in [2.24, 2.45) is 0 Å². The molecule has 1 amide bonds. The summed E-state index contributed by atoms with van der Waals surface area (Å²) in [5.74, 6) is 1.64. The number of hydrogen-bond donors (Lipinski definition) is 1. The van der Waals surface area contributed by atoms with E-state index < -0.39 is 6.04 Å². The molecule has 1 N–H and O–H groups in total. The summed E-state index contributed by atoms with van der Waals surface area (Å²) in [5.41, 5.74) is 3.62. The van der Waals surface area contributed by atoms with Crippen LogP contribution in [0.4, 0.5) is 0 Å². The van der Waals surface area contributed by atoms with Crippen molar-refractivity contribution < 1.29 is 14.1 Å². The maximum absolute atomic E-state index is 13.4. The van der Waals surface area contributed by atoms with Gasteiger partial charge in [0.1, 0.15) is 11.8 Å². The lowest BCUT2D eigenvalue weighted by Crippen LogP contribution is -2.40. The average Bonchev–Trinajstić information content (AvgIpc) is 3.57. The fourth-order valence-electron chi connectivity index (χ4n) is 4.55. The molecule has 0 aliphatic carbocycles. The van der Waals surface area contributed by atoms with Gasteiger partial charge in [0.25, 0.3) is 0 Å². The molecule has 3 aromatic carbocycles. The van der Waals surface area contributed by atoms with Crippen LogP contribution in [-0.2, 0) is 24.2 Å². The van der Waals surface area contributed by atoms with E-state index in [-0.39, 0.29) is 12.3 Å². The van der Waals surface area contributed by atoms with E-state index in [2.05, 4.69) is 27.3 Å². The third-order valence-corrected chi connectivity index (χ3v) is 6.47. The van der Waals surface area contributed by atoms with Crippen LogP contribution < -0.4 is 4.74 Å². The molecule has 0 spiro atoms. The number of H-pyrrole nitrogens is 1. The van der Waals surface area contributed by atoms with E-state index in [0.29, 0.717) is 24.7 Å². The Morgan fingerprint density at radius 1 is 1.11 bits per heavy atom. The number of nitrogens with zero attached hydrogens (tertiary/aromatic N) is 4. The zero-order chi connectivity index (χ0) is 23.8. The molecule has 6 rings (SSSR count). The molecule has 0 saturated carbocycles. The number of imidazole rings is 1. The molecule has 1 aliphatic heterocycles. The van der Waals surface area contributed by atoms with Crippen molar-refractivity contribution in [2.45, 2.75) is 25.4 Å². The molecule has 8 nitrogen and oxygen atoms in total. The molecule has 0 bridgehead atoms.